The van der Waals surface area contributed by atoms with Gasteiger partial charge >= 0.3 is 0 Å². The Kier molecular flexibility index (Phi) is 7.13. The number of fused-ring (bicyclic) bond motifs is 1. The Labute approximate surface area is 213 Å². The summed E-state index contributed by atoms with van der Waals surface area (Å²) in [7, 11) is 0. The summed E-state index contributed by atoms with van der Waals surface area (Å²) in [6.45, 7) is 1.66. The van der Waals surface area contributed by atoms with E-state index in [0.717, 1.165) is 22.9 Å². The predicted octanol–water partition coefficient (Wildman–Crippen LogP) is 5.65. The largest absolute Gasteiger partial charge is 0.351 e. The van der Waals surface area contributed by atoms with Crippen molar-refractivity contribution < 1.29 is 9.59 Å². The van der Waals surface area contributed by atoms with Crippen molar-refractivity contribution in [2.45, 2.75) is 37.6 Å². The number of piperidine rings is 1. The summed E-state index contributed by atoms with van der Waals surface area (Å²) in [4.78, 5) is 28.7. The first-order valence-corrected chi connectivity index (χ1v) is 12.8. The maximum absolute atomic E-state index is 13.8. The molecule has 2 amide bonds. The molecule has 1 fully saturated rings. The van der Waals surface area contributed by atoms with Crippen molar-refractivity contribution in [1.82, 2.24) is 10.2 Å². The van der Waals surface area contributed by atoms with Crippen LogP contribution in [0.1, 0.15) is 36.0 Å². The van der Waals surface area contributed by atoms with E-state index in [-0.39, 0.29) is 11.8 Å². The molecule has 1 aliphatic heterocycles. The second kappa shape index (κ2) is 10.8. The maximum Gasteiger partial charge on any atom is 0.231 e. The van der Waals surface area contributed by atoms with Crippen molar-refractivity contribution in [2.75, 3.05) is 13.1 Å². The molecule has 0 spiro atoms. The third kappa shape index (κ3) is 5.03. The molecule has 4 aromatic carbocycles. The van der Waals surface area contributed by atoms with Crippen LogP contribution < -0.4 is 5.32 Å². The number of carbonyl (C=O) groups is 2. The molecule has 0 aromatic heterocycles. The van der Waals surface area contributed by atoms with Crippen LogP contribution in [0, 0.1) is 0 Å². The summed E-state index contributed by atoms with van der Waals surface area (Å²) >= 11 is 0. The van der Waals surface area contributed by atoms with Crippen LogP contribution in [0.2, 0.25) is 0 Å². The molecular formula is C32H32N2O2. The van der Waals surface area contributed by atoms with Crippen LogP contribution in [-0.4, -0.2) is 29.8 Å². The first kappa shape index (κ1) is 23.8. The van der Waals surface area contributed by atoms with Gasteiger partial charge in [0.15, 0.2) is 0 Å². The molecule has 4 heteroatoms. The Morgan fingerprint density at radius 3 is 2.14 bits per heavy atom. The average Bonchev–Trinajstić information content (AvgIpc) is 2.95. The van der Waals surface area contributed by atoms with Crippen molar-refractivity contribution >= 4 is 22.6 Å². The molecular weight excluding hydrogens is 444 g/mol. The third-order valence-electron chi connectivity index (χ3n) is 7.52. The van der Waals surface area contributed by atoms with E-state index in [1.807, 2.05) is 71.6 Å². The van der Waals surface area contributed by atoms with Gasteiger partial charge in [-0.15, -0.1) is 0 Å². The number of amides is 2. The molecule has 0 radical (unpaired) electrons. The second-order valence-corrected chi connectivity index (χ2v) is 9.64. The second-order valence-electron chi connectivity index (χ2n) is 9.64. The van der Waals surface area contributed by atoms with E-state index in [9.17, 15) is 9.59 Å². The molecule has 1 N–H and O–H groups in total. The van der Waals surface area contributed by atoms with E-state index in [0.29, 0.717) is 38.9 Å². The van der Waals surface area contributed by atoms with Gasteiger partial charge in [-0.2, -0.15) is 0 Å². The summed E-state index contributed by atoms with van der Waals surface area (Å²) in [5.74, 6) is 0.203. The van der Waals surface area contributed by atoms with Gasteiger partial charge < -0.3 is 10.2 Å². The van der Waals surface area contributed by atoms with Gasteiger partial charge in [-0.1, -0.05) is 103 Å². The minimum absolute atomic E-state index is 0.0398. The highest BCUT2D eigenvalue weighted by molar-refractivity contribution is 5.90. The number of rotatable bonds is 7. The number of nitrogens with zero attached hydrogens (tertiary/aromatic N) is 1. The molecule has 1 saturated heterocycles. The van der Waals surface area contributed by atoms with E-state index >= 15 is 0 Å². The van der Waals surface area contributed by atoms with Crippen molar-refractivity contribution in [3.05, 3.63) is 120 Å². The highest BCUT2D eigenvalue weighted by Gasteiger charge is 2.43. The lowest BCUT2D eigenvalue weighted by molar-refractivity contribution is -0.137. The standard InChI is InChI=1S/C32H32N2O2/c35-30(19-18-25-10-3-1-4-11-25)34-22-20-32(21-23-34,28-15-5-2-6-16-28)31(36)33-24-27-14-9-13-26-12-7-8-17-29(26)27/h1-17H,18-24H2,(H,33,36). The molecule has 4 nitrogen and oxygen atoms in total. The number of hydrogen-bond donors (Lipinski definition) is 1. The van der Waals surface area contributed by atoms with E-state index in [1.165, 1.54) is 10.9 Å². The smallest absolute Gasteiger partial charge is 0.231 e. The fourth-order valence-electron chi connectivity index (χ4n) is 5.39. The van der Waals surface area contributed by atoms with Crippen LogP contribution in [0.3, 0.4) is 0 Å². The number of nitrogens with one attached hydrogen (secondary N) is 1. The highest BCUT2D eigenvalue weighted by Crippen LogP contribution is 2.36. The van der Waals surface area contributed by atoms with E-state index in [4.69, 9.17) is 0 Å². The summed E-state index contributed by atoms with van der Waals surface area (Å²) in [6, 6.07) is 34.6. The molecule has 0 atom stereocenters. The van der Waals surface area contributed by atoms with Gasteiger partial charge in [-0.05, 0) is 46.7 Å². The Bertz CT molecular complexity index is 1320. The van der Waals surface area contributed by atoms with Crippen LogP contribution in [0.15, 0.2) is 103 Å². The number of hydrogen-bond acceptors (Lipinski definition) is 2. The van der Waals surface area contributed by atoms with Crippen molar-refractivity contribution in [2.24, 2.45) is 0 Å². The van der Waals surface area contributed by atoms with Gasteiger partial charge in [-0.25, -0.2) is 0 Å². The van der Waals surface area contributed by atoms with Crippen LogP contribution in [0.4, 0.5) is 0 Å². The maximum atomic E-state index is 13.8. The van der Waals surface area contributed by atoms with Crippen LogP contribution >= 0.6 is 0 Å². The zero-order chi connectivity index (χ0) is 24.8. The third-order valence-corrected chi connectivity index (χ3v) is 7.52. The van der Waals surface area contributed by atoms with Crippen LogP contribution in [-0.2, 0) is 28.0 Å². The summed E-state index contributed by atoms with van der Waals surface area (Å²) < 4.78 is 0. The molecule has 182 valence electrons. The minimum atomic E-state index is -0.637. The molecule has 0 saturated carbocycles. The molecule has 0 bridgehead atoms. The Hall–Kier alpha value is -3.92. The summed E-state index contributed by atoms with van der Waals surface area (Å²) in [6.07, 6.45) is 2.48. The average molecular weight is 477 g/mol. The van der Waals surface area contributed by atoms with Gasteiger partial charge in [-0.3, -0.25) is 9.59 Å². The van der Waals surface area contributed by atoms with Crippen LogP contribution in [0.5, 0.6) is 0 Å². The minimum Gasteiger partial charge on any atom is -0.351 e. The van der Waals surface area contributed by atoms with E-state index < -0.39 is 5.41 Å². The Balaban J connectivity index is 1.29. The first-order valence-electron chi connectivity index (χ1n) is 12.8. The molecule has 1 aliphatic rings. The fraction of sp³-hybridized carbons (Fsp3) is 0.250. The lowest BCUT2D eigenvalue weighted by atomic mass is 9.72. The van der Waals surface area contributed by atoms with E-state index in [1.54, 1.807) is 0 Å². The monoisotopic (exact) mass is 476 g/mol. The van der Waals surface area contributed by atoms with Gasteiger partial charge in [0.05, 0.1) is 5.41 Å². The fourth-order valence-corrected chi connectivity index (χ4v) is 5.39. The Morgan fingerprint density at radius 2 is 1.39 bits per heavy atom. The predicted molar refractivity (Wildman–Crippen MR) is 144 cm³/mol. The summed E-state index contributed by atoms with van der Waals surface area (Å²) in [5, 5.41) is 5.58. The number of carbonyl (C=O) groups excluding carboxylic acids is 2. The molecule has 36 heavy (non-hydrogen) atoms. The first-order chi connectivity index (χ1) is 17.7. The molecule has 0 aliphatic carbocycles. The van der Waals surface area contributed by atoms with Gasteiger partial charge in [0.1, 0.15) is 0 Å². The lowest BCUT2D eigenvalue weighted by Gasteiger charge is -2.41. The molecule has 0 unspecified atom stereocenters. The van der Waals surface area contributed by atoms with Gasteiger partial charge in [0.2, 0.25) is 11.8 Å². The van der Waals surface area contributed by atoms with E-state index in [2.05, 4.69) is 41.7 Å². The van der Waals surface area contributed by atoms with Crippen molar-refractivity contribution in [3.63, 3.8) is 0 Å². The lowest BCUT2D eigenvalue weighted by Crippen LogP contribution is -2.52. The van der Waals surface area contributed by atoms with Crippen molar-refractivity contribution in [3.8, 4) is 0 Å². The van der Waals surface area contributed by atoms with Crippen LogP contribution in [0.25, 0.3) is 10.8 Å². The molecule has 4 aromatic rings. The number of likely N-dealkylation sites (tertiary alicyclic amines) is 1. The zero-order valence-electron chi connectivity index (χ0n) is 20.5. The summed E-state index contributed by atoms with van der Waals surface area (Å²) in [5.41, 5.74) is 2.67. The van der Waals surface area contributed by atoms with Crippen molar-refractivity contribution in [1.29, 1.82) is 0 Å². The quantitative estimate of drug-likeness (QED) is 0.375. The van der Waals surface area contributed by atoms with Gasteiger partial charge in [0.25, 0.3) is 0 Å². The highest BCUT2D eigenvalue weighted by atomic mass is 16.2. The number of benzene rings is 4. The number of aryl methyl sites for hydroxylation is 1. The normalized spacial score (nSPS) is 14.9. The SMILES string of the molecule is O=C(CCc1ccccc1)N1CCC(C(=O)NCc2cccc3ccccc23)(c2ccccc2)CC1. The zero-order valence-corrected chi connectivity index (χ0v) is 20.5. The molecule has 1 heterocycles. The topological polar surface area (TPSA) is 49.4 Å². The molecule has 5 rings (SSSR count). The Morgan fingerprint density at radius 1 is 0.750 bits per heavy atom. The van der Waals surface area contributed by atoms with Gasteiger partial charge in [0, 0.05) is 26.1 Å².